The summed E-state index contributed by atoms with van der Waals surface area (Å²) in [6.45, 7) is 0. The second-order valence-electron chi connectivity index (χ2n) is 5.71. The summed E-state index contributed by atoms with van der Waals surface area (Å²) in [4.78, 5) is 12.5. The van der Waals surface area contributed by atoms with Gasteiger partial charge in [0.2, 0.25) is 0 Å². The third kappa shape index (κ3) is 4.10. The van der Waals surface area contributed by atoms with E-state index in [1.165, 1.54) is 6.42 Å². The van der Waals surface area contributed by atoms with Crippen LogP contribution in [0.15, 0.2) is 18.2 Å². The molecule has 1 aromatic carbocycles. The van der Waals surface area contributed by atoms with Crippen molar-refractivity contribution < 1.29 is 13.6 Å². The number of nitrogens with zero attached hydrogens (tertiary/aromatic N) is 1. The van der Waals surface area contributed by atoms with Crippen LogP contribution in [0.4, 0.5) is 8.78 Å². The Morgan fingerprint density at radius 2 is 1.57 bits per heavy atom. The van der Waals surface area contributed by atoms with E-state index in [0.29, 0.717) is 0 Å². The minimum Gasteiger partial charge on any atom is -0.298 e. The molecule has 21 heavy (non-hydrogen) atoms. The average Bonchev–Trinajstić information content (AvgIpc) is 2.37. The summed E-state index contributed by atoms with van der Waals surface area (Å²) in [5.74, 6) is -2.93. The molecule has 2 rings (SSSR count). The minimum atomic E-state index is -1.07. The maximum Gasteiger partial charge on any atom is 0.157 e. The van der Waals surface area contributed by atoms with Gasteiger partial charge in [0, 0.05) is 12.0 Å². The van der Waals surface area contributed by atoms with E-state index in [4.69, 9.17) is 0 Å². The van der Waals surface area contributed by atoms with Gasteiger partial charge in [-0.05, 0) is 30.5 Å². The summed E-state index contributed by atoms with van der Waals surface area (Å²) < 4.78 is 26.6. The molecule has 1 saturated carbocycles. The highest BCUT2D eigenvalue weighted by molar-refractivity contribution is 5.90. The van der Waals surface area contributed by atoms with Crippen LogP contribution in [-0.4, -0.2) is 5.78 Å². The van der Waals surface area contributed by atoms with Gasteiger partial charge >= 0.3 is 0 Å². The number of carbonyl (C=O) groups excluding carboxylic acids is 1. The molecular formula is C17H19F2NO. The molecule has 0 N–H and O–H groups in total. The Bertz CT molecular complexity index is 522. The van der Waals surface area contributed by atoms with Crippen molar-refractivity contribution in [2.45, 2.75) is 50.9 Å². The molecule has 0 heterocycles. The van der Waals surface area contributed by atoms with Gasteiger partial charge in [-0.25, -0.2) is 8.78 Å². The third-order valence-corrected chi connectivity index (χ3v) is 4.14. The van der Waals surface area contributed by atoms with Gasteiger partial charge in [-0.15, -0.1) is 0 Å². The number of halogens is 2. The summed E-state index contributed by atoms with van der Waals surface area (Å²) in [6.07, 6.45) is 6.91. The molecular weight excluding hydrogens is 272 g/mol. The second-order valence-corrected chi connectivity index (χ2v) is 5.71. The summed E-state index contributed by atoms with van der Waals surface area (Å²) >= 11 is 0. The van der Waals surface area contributed by atoms with Crippen LogP contribution in [0.3, 0.4) is 0 Å². The van der Waals surface area contributed by atoms with Crippen LogP contribution in [0.25, 0.3) is 0 Å². The quantitative estimate of drug-likeness (QED) is 0.822. The first-order valence-corrected chi connectivity index (χ1v) is 7.51. The lowest BCUT2D eigenvalue weighted by Gasteiger charge is -2.21. The summed E-state index contributed by atoms with van der Waals surface area (Å²) in [6, 6.07) is 4.83. The third-order valence-electron chi connectivity index (χ3n) is 4.14. The van der Waals surface area contributed by atoms with Crippen molar-refractivity contribution in [2.24, 2.45) is 5.92 Å². The van der Waals surface area contributed by atoms with Crippen molar-refractivity contribution >= 4 is 5.78 Å². The Hall–Kier alpha value is -1.76. The van der Waals surface area contributed by atoms with E-state index in [-0.39, 0.29) is 17.3 Å². The Kier molecular flexibility index (Phi) is 5.44. The van der Waals surface area contributed by atoms with Gasteiger partial charge < -0.3 is 0 Å². The second kappa shape index (κ2) is 7.31. The molecule has 1 fully saturated rings. The molecule has 1 atom stereocenters. The van der Waals surface area contributed by atoms with E-state index in [0.717, 1.165) is 56.7 Å². The highest BCUT2D eigenvalue weighted by Gasteiger charge is 2.28. The molecule has 0 saturated heterocycles. The lowest BCUT2D eigenvalue weighted by atomic mass is 9.81. The monoisotopic (exact) mass is 291 g/mol. The molecule has 0 bridgehead atoms. The molecule has 1 aromatic rings. The van der Waals surface area contributed by atoms with Crippen LogP contribution in [0.1, 0.15) is 56.4 Å². The largest absolute Gasteiger partial charge is 0.298 e. The number of Topliss-reactive ketones (excluding diaryl/α,β-unsaturated/α-hetero) is 1. The van der Waals surface area contributed by atoms with E-state index >= 15 is 0 Å². The fraction of sp³-hybridized carbons (Fsp3) is 0.529. The standard InChI is InChI=1S/C17H19F2NO/c18-14-8-13(9-15(19)10-14)16(11-20)17(21)12-6-4-2-1-3-5-7-12/h8-10,12,16H,1-7H2. The zero-order chi connectivity index (χ0) is 15.2. The maximum atomic E-state index is 13.3. The molecule has 1 aliphatic rings. The number of hydrogen-bond donors (Lipinski definition) is 0. The van der Waals surface area contributed by atoms with Crippen molar-refractivity contribution in [3.8, 4) is 6.07 Å². The topological polar surface area (TPSA) is 40.9 Å². The van der Waals surface area contributed by atoms with Crippen LogP contribution >= 0.6 is 0 Å². The summed E-state index contributed by atoms with van der Waals surface area (Å²) in [7, 11) is 0. The molecule has 1 aliphatic carbocycles. The highest BCUT2D eigenvalue weighted by atomic mass is 19.1. The lowest BCUT2D eigenvalue weighted by Crippen LogP contribution is -2.22. The number of nitriles is 1. The predicted molar refractivity (Wildman–Crippen MR) is 75.5 cm³/mol. The van der Waals surface area contributed by atoms with Gasteiger partial charge in [0.15, 0.2) is 5.78 Å². The van der Waals surface area contributed by atoms with E-state index in [1.807, 2.05) is 6.07 Å². The number of ketones is 1. The Balaban J connectivity index is 2.19. The first-order valence-electron chi connectivity index (χ1n) is 7.51. The Morgan fingerprint density at radius 3 is 2.10 bits per heavy atom. The summed E-state index contributed by atoms with van der Waals surface area (Å²) in [5, 5.41) is 9.27. The summed E-state index contributed by atoms with van der Waals surface area (Å²) in [5.41, 5.74) is 0.127. The van der Waals surface area contributed by atoms with E-state index in [2.05, 4.69) is 0 Å². The van der Waals surface area contributed by atoms with Crippen LogP contribution in [0, 0.1) is 28.9 Å². The number of benzene rings is 1. The van der Waals surface area contributed by atoms with Gasteiger partial charge in [-0.1, -0.05) is 32.1 Å². The fourth-order valence-corrected chi connectivity index (χ4v) is 3.02. The first-order chi connectivity index (χ1) is 10.1. The van der Waals surface area contributed by atoms with E-state index in [9.17, 15) is 18.8 Å². The smallest absolute Gasteiger partial charge is 0.157 e. The molecule has 0 aliphatic heterocycles. The van der Waals surface area contributed by atoms with Crippen molar-refractivity contribution in [3.05, 3.63) is 35.4 Å². The van der Waals surface area contributed by atoms with Gasteiger partial charge in [0.1, 0.15) is 17.6 Å². The zero-order valence-electron chi connectivity index (χ0n) is 11.9. The van der Waals surface area contributed by atoms with Gasteiger partial charge in [0.25, 0.3) is 0 Å². The van der Waals surface area contributed by atoms with Crippen LogP contribution in [0.5, 0.6) is 0 Å². The molecule has 1 unspecified atom stereocenters. The van der Waals surface area contributed by atoms with Crippen molar-refractivity contribution in [1.29, 1.82) is 5.26 Å². The van der Waals surface area contributed by atoms with Crippen molar-refractivity contribution in [1.82, 2.24) is 0 Å². The maximum absolute atomic E-state index is 13.3. The molecule has 0 amide bonds. The zero-order valence-corrected chi connectivity index (χ0v) is 11.9. The van der Waals surface area contributed by atoms with E-state index in [1.54, 1.807) is 0 Å². The number of rotatable bonds is 3. The van der Waals surface area contributed by atoms with Crippen molar-refractivity contribution in [2.75, 3.05) is 0 Å². The molecule has 112 valence electrons. The van der Waals surface area contributed by atoms with Crippen LogP contribution in [0.2, 0.25) is 0 Å². The molecule has 0 spiro atoms. The van der Waals surface area contributed by atoms with Gasteiger partial charge in [-0.3, -0.25) is 4.79 Å². The van der Waals surface area contributed by atoms with Gasteiger partial charge in [-0.2, -0.15) is 5.26 Å². The molecule has 4 heteroatoms. The predicted octanol–water partition coefficient (Wildman–Crippen LogP) is 4.50. The Labute approximate surface area is 123 Å². The highest BCUT2D eigenvalue weighted by Crippen LogP contribution is 2.29. The van der Waals surface area contributed by atoms with Crippen LogP contribution < -0.4 is 0 Å². The molecule has 0 radical (unpaired) electrons. The number of carbonyl (C=O) groups is 1. The SMILES string of the molecule is N#CC(C(=O)C1CCCCCCC1)c1cc(F)cc(F)c1. The average molecular weight is 291 g/mol. The van der Waals surface area contributed by atoms with E-state index < -0.39 is 17.6 Å². The normalized spacial score (nSPS) is 18.3. The lowest BCUT2D eigenvalue weighted by molar-refractivity contribution is -0.123. The van der Waals surface area contributed by atoms with Crippen LogP contribution in [-0.2, 0) is 4.79 Å². The fourth-order valence-electron chi connectivity index (χ4n) is 3.02. The van der Waals surface area contributed by atoms with Gasteiger partial charge in [0.05, 0.1) is 6.07 Å². The minimum absolute atomic E-state index is 0.127. The Morgan fingerprint density at radius 1 is 1.05 bits per heavy atom. The molecule has 0 aromatic heterocycles. The van der Waals surface area contributed by atoms with Crippen molar-refractivity contribution in [3.63, 3.8) is 0 Å². The first kappa shape index (κ1) is 15.6. The molecule has 2 nitrogen and oxygen atoms in total. The number of hydrogen-bond acceptors (Lipinski definition) is 2.